The average molecular weight is 101 g/mol. The smallest absolute Gasteiger partial charge is 0.282 e. The van der Waals surface area contributed by atoms with Crippen LogP contribution in [0.25, 0.3) is 0 Å². The first-order valence-electron chi connectivity index (χ1n) is 0.478. The van der Waals surface area contributed by atoms with Crippen LogP contribution in [0.1, 0.15) is 0 Å². The van der Waals surface area contributed by atoms with Crippen molar-refractivity contribution >= 4 is 0 Å². The third kappa shape index (κ3) is 1110. The Bertz CT molecular complexity index is 11.6. The minimum Gasteiger partial charge on any atom is -0.344 e. The highest BCUT2D eigenvalue weighted by Gasteiger charge is 1.79. The van der Waals surface area contributed by atoms with Gasteiger partial charge in [-0.1, -0.05) is 0 Å². The van der Waals surface area contributed by atoms with Crippen LogP contribution in [0.3, 0.4) is 0 Å². The zero-order chi connectivity index (χ0) is 3.58. The van der Waals surface area contributed by atoms with E-state index < -0.39 is 10.8 Å². The van der Waals surface area contributed by atoms with E-state index in [1.807, 2.05) is 0 Å². The molecule has 4 nitrogen and oxygen atoms in total. The summed E-state index contributed by atoms with van der Waals surface area (Å²) in [6.45, 7) is 0. The Hall–Kier alpha value is 0.130. The second-order valence-corrected chi connectivity index (χ2v) is 0.603. The molecule has 5 heteroatoms. The van der Waals surface area contributed by atoms with Crippen LogP contribution in [0.2, 0.25) is 0 Å². The van der Waals surface area contributed by atoms with Crippen molar-refractivity contribution in [3.63, 3.8) is 0 Å². The Kier molecular flexibility index (Phi) is 7.38. The Labute approximate surface area is 32.0 Å². The Morgan fingerprint density at radius 1 is 1.40 bits per heavy atom. The van der Waals surface area contributed by atoms with Crippen LogP contribution in [-0.4, -0.2) is 4.66 Å². The molecule has 0 radical (unpaired) electrons. The van der Waals surface area contributed by atoms with Gasteiger partial charge in [-0.05, 0) is 0 Å². The molecular formula is H4ClNO3. The van der Waals surface area contributed by atoms with Gasteiger partial charge in [0.05, 0.1) is 0 Å². The first-order chi connectivity index (χ1) is 1.73. The standard InChI is InChI=1S/ClHO3.H3N/c2-1(3)4;/h2H;1H3. The van der Waals surface area contributed by atoms with Crippen LogP contribution in [0.4, 0.5) is 0 Å². The maximum atomic E-state index is 8.52. The van der Waals surface area contributed by atoms with Crippen LogP contribution in [0.15, 0.2) is 0 Å². The van der Waals surface area contributed by atoms with Crippen molar-refractivity contribution in [3.8, 4) is 0 Å². The van der Waals surface area contributed by atoms with Gasteiger partial charge >= 0.3 is 0 Å². The van der Waals surface area contributed by atoms with Crippen LogP contribution < -0.4 is 15.5 Å². The quantitative estimate of drug-likeness (QED) is 0.345. The molecule has 0 unspecified atom stereocenters. The second-order valence-electron chi connectivity index (χ2n) is 0.201. The molecule has 0 aliphatic heterocycles. The Morgan fingerprint density at radius 2 is 1.40 bits per heavy atom. The summed E-state index contributed by atoms with van der Waals surface area (Å²) in [6, 6.07) is 0. The van der Waals surface area contributed by atoms with Gasteiger partial charge in [0.15, 0.2) is 0 Å². The summed E-state index contributed by atoms with van der Waals surface area (Å²) in [4.78, 5) is 0. The number of halogens is 1. The fraction of sp³-hybridized carbons (Fsp3) is 0. The monoisotopic (exact) mass is 101 g/mol. The number of rotatable bonds is 0. The lowest BCUT2D eigenvalue weighted by atomic mass is 14.0. The summed E-state index contributed by atoms with van der Waals surface area (Å²) >= 11 is 0. The molecule has 0 aromatic carbocycles. The van der Waals surface area contributed by atoms with E-state index in [0.29, 0.717) is 0 Å². The molecule has 0 aliphatic rings. The van der Waals surface area contributed by atoms with Gasteiger partial charge in [0, 0.05) is 4.66 Å². The Balaban J connectivity index is 0. The lowest BCUT2D eigenvalue weighted by Gasteiger charge is -1.72. The minimum absolute atomic E-state index is 0. The van der Waals surface area contributed by atoms with Gasteiger partial charge < -0.3 is 15.5 Å². The molecule has 0 saturated heterocycles. The van der Waals surface area contributed by atoms with Gasteiger partial charge in [-0.2, -0.15) is 0 Å². The molecule has 0 aromatic heterocycles. The first kappa shape index (κ1) is 8.93. The highest BCUT2D eigenvalue weighted by atomic mass is 35.6. The molecular weight excluding hydrogens is 97.5 g/mol. The highest BCUT2D eigenvalue weighted by Crippen LogP contribution is 1.38. The van der Waals surface area contributed by atoms with Crippen molar-refractivity contribution in [3.05, 3.63) is 0 Å². The van der Waals surface area contributed by atoms with E-state index in [1.165, 1.54) is 0 Å². The van der Waals surface area contributed by atoms with E-state index in [4.69, 9.17) is 14.0 Å². The van der Waals surface area contributed by atoms with Crippen molar-refractivity contribution in [2.45, 2.75) is 0 Å². The molecule has 0 rings (SSSR count). The average Bonchev–Trinajstić information content (AvgIpc) is 0.811. The highest BCUT2D eigenvalue weighted by molar-refractivity contribution is 2.13. The van der Waals surface area contributed by atoms with E-state index in [0.717, 1.165) is 0 Å². The van der Waals surface area contributed by atoms with Gasteiger partial charge in [0.2, 0.25) is 0 Å². The SMILES string of the molecule is N.[O-][Cl+2]([O-])O. The fourth-order valence-corrected chi connectivity index (χ4v) is 0. The summed E-state index contributed by atoms with van der Waals surface area (Å²) < 4.78 is 24.0. The van der Waals surface area contributed by atoms with Gasteiger partial charge in [-0.3, -0.25) is 0 Å². The molecule has 34 valence electrons. The lowest BCUT2D eigenvalue weighted by molar-refractivity contribution is -1.63. The van der Waals surface area contributed by atoms with Gasteiger partial charge in [-0.15, -0.1) is 0 Å². The largest absolute Gasteiger partial charge is 0.344 e. The number of hydrogen-bond acceptors (Lipinski definition) is 4. The summed E-state index contributed by atoms with van der Waals surface area (Å²) in [7, 11) is -2.60. The second kappa shape index (κ2) is 4.13. The molecule has 0 bridgehead atoms. The fourth-order valence-electron chi connectivity index (χ4n) is 0. The third-order valence-electron chi connectivity index (χ3n) is 0. The van der Waals surface area contributed by atoms with E-state index in [1.54, 1.807) is 0 Å². The molecule has 0 aromatic rings. The predicted octanol–water partition coefficient (Wildman–Crippen LogP) is -2.77. The van der Waals surface area contributed by atoms with Crippen LogP contribution in [-0.2, 0) is 0 Å². The van der Waals surface area contributed by atoms with Crippen molar-refractivity contribution in [2.24, 2.45) is 0 Å². The van der Waals surface area contributed by atoms with Crippen LogP contribution >= 0.6 is 0 Å². The Morgan fingerprint density at radius 3 is 1.40 bits per heavy atom. The summed E-state index contributed by atoms with van der Waals surface area (Å²) in [5, 5.41) is 0. The molecule has 0 saturated carbocycles. The van der Waals surface area contributed by atoms with E-state index in [9.17, 15) is 0 Å². The van der Waals surface area contributed by atoms with Crippen LogP contribution in [0.5, 0.6) is 0 Å². The molecule has 0 aliphatic carbocycles. The minimum atomic E-state index is -2.60. The number of hydrogen-bond donors (Lipinski definition) is 2. The molecule has 0 amide bonds. The van der Waals surface area contributed by atoms with Gasteiger partial charge in [0.25, 0.3) is 10.8 Å². The normalized spacial score (nSPS) is 7.20. The zero-order valence-corrected chi connectivity index (χ0v) is 3.10. The van der Waals surface area contributed by atoms with E-state index in [2.05, 4.69) is 0 Å². The molecule has 0 fully saturated rings. The van der Waals surface area contributed by atoms with Crippen molar-refractivity contribution in [1.82, 2.24) is 6.15 Å². The molecule has 0 spiro atoms. The summed E-state index contributed by atoms with van der Waals surface area (Å²) in [5.41, 5.74) is 0. The molecule has 4 N–H and O–H groups in total. The van der Waals surface area contributed by atoms with Crippen molar-refractivity contribution in [2.75, 3.05) is 0 Å². The van der Waals surface area contributed by atoms with Gasteiger partial charge in [-0.25, -0.2) is 0 Å². The van der Waals surface area contributed by atoms with Gasteiger partial charge in [0.1, 0.15) is 0 Å². The third-order valence-corrected chi connectivity index (χ3v) is 0. The van der Waals surface area contributed by atoms with Crippen LogP contribution in [0, 0.1) is 10.8 Å². The topological polar surface area (TPSA) is 101 Å². The molecule has 0 heterocycles. The zero-order valence-electron chi connectivity index (χ0n) is 2.35. The summed E-state index contributed by atoms with van der Waals surface area (Å²) in [5.74, 6) is 0. The lowest BCUT2D eigenvalue weighted by Crippen LogP contribution is -2.30. The van der Waals surface area contributed by atoms with E-state index >= 15 is 0 Å². The predicted molar refractivity (Wildman–Crippen MR) is 7.24 cm³/mol. The molecule has 5 heavy (non-hydrogen) atoms. The maximum Gasteiger partial charge on any atom is 0.282 e. The van der Waals surface area contributed by atoms with Crippen molar-refractivity contribution < 1.29 is 24.8 Å². The maximum absolute atomic E-state index is 8.52. The first-order valence-corrected chi connectivity index (χ1v) is 1.43. The molecule has 0 atom stereocenters. The van der Waals surface area contributed by atoms with Crippen molar-refractivity contribution in [1.29, 1.82) is 0 Å². The van der Waals surface area contributed by atoms with E-state index in [-0.39, 0.29) is 6.15 Å². The summed E-state index contributed by atoms with van der Waals surface area (Å²) in [6.07, 6.45) is 0.